The molecule has 1 aliphatic heterocycles. The van der Waals surface area contributed by atoms with Crippen molar-refractivity contribution in [3.05, 3.63) is 118 Å². The van der Waals surface area contributed by atoms with Crippen molar-refractivity contribution in [1.82, 2.24) is 9.97 Å². The average molecular weight is 510 g/mol. The van der Waals surface area contributed by atoms with Gasteiger partial charge in [0.15, 0.2) is 5.76 Å². The van der Waals surface area contributed by atoms with Crippen LogP contribution in [0.5, 0.6) is 0 Å². The number of ketones is 1. The summed E-state index contributed by atoms with van der Waals surface area (Å²) in [5.41, 5.74) is 2.97. The number of thiazole rings is 1. The molecule has 1 aliphatic rings. The minimum Gasteiger partial charge on any atom is -0.503 e. The number of halogens is 1. The third-order valence-electron chi connectivity index (χ3n) is 6.48. The number of aliphatic hydroxyl groups excluding tert-OH is 1. The van der Waals surface area contributed by atoms with Gasteiger partial charge in [0.1, 0.15) is 10.8 Å². The van der Waals surface area contributed by atoms with E-state index >= 15 is 0 Å². The zero-order chi connectivity index (χ0) is 25.7. The number of H-pyrrole nitrogens is 1. The predicted molar refractivity (Wildman–Crippen MR) is 141 cm³/mol. The second-order valence-electron chi connectivity index (χ2n) is 8.74. The molecule has 0 bridgehead atoms. The van der Waals surface area contributed by atoms with Crippen molar-refractivity contribution in [2.45, 2.75) is 13.0 Å². The minimum atomic E-state index is -0.973. The molecular weight excluding hydrogens is 489 g/mol. The molecule has 2 N–H and O–H groups in total. The van der Waals surface area contributed by atoms with Gasteiger partial charge >= 0.3 is 0 Å². The number of Topliss-reactive ketones (excluding diaryl/α,β-unsaturated/α-hetero) is 1. The first-order valence-electron chi connectivity index (χ1n) is 11.6. The summed E-state index contributed by atoms with van der Waals surface area (Å²) in [6.45, 7) is 1.73. The quantitative estimate of drug-likeness (QED) is 0.264. The van der Waals surface area contributed by atoms with Gasteiger partial charge in [-0.1, -0.05) is 54.6 Å². The zero-order valence-corrected chi connectivity index (χ0v) is 20.4. The van der Waals surface area contributed by atoms with Gasteiger partial charge in [0.05, 0.1) is 22.2 Å². The molecular formula is C29H20FN3O3S. The SMILES string of the molecule is Cc1nc(-c2ccccc2)sc1C(=O)C1=C(O)C(=O)N(c2cccc(F)c2)C1c1c[nH]c2ccccc12. The topological polar surface area (TPSA) is 86.3 Å². The number of carbonyl (C=O) groups is 2. The number of aromatic nitrogens is 2. The minimum absolute atomic E-state index is 0.0645. The lowest BCUT2D eigenvalue weighted by Gasteiger charge is -2.26. The van der Waals surface area contributed by atoms with Gasteiger partial charge in [0.2, 0.25) is 5.78 Å². The molecule has 37 heavy (non-hydrogen) atoms. The van der Waals surface area contributed by atoms with Gasteiger partial charge in [-0.05, 0) is 31.2 Å². The largest absolute Gasteiger partial charge is 0.503 e. The Bertz CT molecular complexity index is 1720. The van der Waals surface area contributed by atoms with Crippen molar-refractivity contribution in [1.29, 1.82) is 0 Å². The van der Waals surface area contributed by atoms with Crippen LogP contribution in [0.4, 0.5) is 10.1 Å². The highest BCUT2D eigenvalue weighted by Gasteiger charge is 2.46. The maximum Gasteiger partial charge on any atom is 0.294 e. The molecule has 8 heteroatoms. The van der Waals surface area contributed by atoms with Crippen LogP contribution in [-0.2, 0) is 4.79 Å². The standard InChI is InChI=1S/C29H20FN3O3S/c1-16-27(37-28(32-16)17-8-3-2-4-9-17)25(34)23-24(21-15-31-22-13-6-5-12-20(21)22)33(29(36)26(23)35)19-11-7-10-18(30)14-19/h2-15,24,31,35H,1H3. The van der Waals surface area contributed by atoms with Crippen molar-refractivity contribution in [3.8, 4) is 10.6 Å². The first-order valence-corrected chi connectivity index (χ1v) is 12.4. The van der Waals surface area contributed by atoms with E-state index in [-0.39, 0.29) is 11.3 Å². The number of amides is 1. The van der Waals surface area contributed by atoms with E-state index in [1.807, 2.05) is 54.6 Å². The van der Waals surface area contributed by atoms with E-state index in [2.05, 4.69) is 9.97 Å². The smallest absolute Gasteiger partial charge is 0.294 e. The Morgan fingerprint density at radius 2 is 1.81 bits per heavy atom. The number of nitrogens with zero attached hydrogens (tertiary/aromatic N) is 2. The van der Waals surface area contributed by atoms with Crippen LogP contribution >= 0.6 is 11.3 Å². The molecule has 1 atom stereocenters. The highest BCUT2D eigenvalue weighted by atomic mass is 32.1. The summed E-state index contributed by atoms with van der Waals surface area (Å²) in [5, 5.41) is 12.5. The summed E-state index contributed by atoms with van der Waals surface area (Å²) in [4.78, 5) is 36.8. The number of hydrogen-bond acceptors (Lipinski definition) is 5. The molecule has 3 heterocycles. The normalized spacial score (nSPS) is 15.7. The van der Waals surface area contributed by atoms with Crippen LogP contribution in [0, 0.1) is 12.7 Å². The monoisotopic (exact) mass is 509 g/mol. The highest BCUT2D eigenvalue weighted by Crippen LogP contribution is 2.45. The second-order valence-corrected chi connectivity index (χ2v) is 9.74. The number of aryl methyl sites for hydroxylation is 1. The molecule has 0 aliphatic carbocycles. The van der Waals surface area contributed by atoms with Gasteiger partial charge in [-0.3, -0.25) is 14.5 Å². The van der Waals surface area contributed by atoms with E-state index in [0.717, 1.165) is 16.5 Å². The fraction of sp³-hybridized carbons (Fsp3) is 0.0690. The fourth-order valence-corrected chi connectivity index (χ4v) is 5.80. The summed E-state index contributed by atoms with van der Waals surface area (Å²) in [5.74, 6) is -2.45. The van der Waals surface area contributed by atoms with Crippen molar-refractivity contribution in [3.63, 3.8) is 0 Å². The van der Waals surface area contributed by atoms with Crippen LogP contribution in [0.25, 0.3) is 21.5 Å². The highest BCUT2D eigenvalue weighted by molar-refractivity contribution is 7.17. The van der Waals surface area contributed by atoms with E-state index in [1.54, 1.807) is 19.2 Å². The van der Waals surface area contributed by atoms with Crippen LogP contribution in [-0.4, -0.2) is 26.8 Å². The number of hydrogen-bond donors (Lipinski definition) is 2. The maximum absolute atomic E-state index is 14.2. The maximum atomic E-state index is 14.2. The lowest BCUT2D eigenvalue weighted by Crippen LogP contribution is -2.31. The predicted octanol–water partition coefficient (Wildman–Crippen LogP) is 6.52. The summed E-state index contributed by atoms with van der Waals surface area (Å²) in [6, 6.07) is 21.6. The third-order valence-corrected chi connectivity index (χ3v) is 7.68. The molecule has 0 saturated carbocycles. The number of rotatable bonds is 5. The first-order chi connectivity index (χ1) is 17.9. The lowest BCUT2D eigenvalue weighted by molar-refractivity contribution is -0.117. The third kappa shape index (κ3) is 3.73. The fourth-order valence-electron chi connectivity index (χ4n) is 4.78. The molecule has 2 aromatic heterocycles. The second kappa shape index (κ2) is 8.83. The Labute approximate surface area is 215 Å². The number of carbonyl (C=O) groups excluding carboxylic acids is 2. The van der Waals surface area contributed by atoms with Gasteiger partial charge in [-0.2, -0.15) is 0 Å². The number of benzene rings is 3. The average Bonchev–Trinajstić information content (AvgIpc) is 3.58. The van der Waals surface area contributed by atoms with E-state index in [4.69, 9.17) is 0 Å². The molecule has 1 unspecified atom stereocenters. The van der Waals surface area contributed by atoms with Gasteiger partial charge in [0, 0.05) is 33.9 Å². The molecule has 0 spiro atoms. The number of nitrogens with one attached hydrogen (secondary N) is 1. The Balaban J connectivity index is 1.52. The zero-order valence-electron chi connectivity index (χ0n) is 19.6. The number of anilines is 1. The lowest BCUT2D eigenvalue weighted by atomic mass is 9.94. The van der Waals surface area contributed by atoms with Gasteiger partial charge in [-0.25, -0.2) is 9.37 Å². The molecule has 6 rings (SSSR count). The van der Waals surface area contributed by atoms with Crippen molar-refractivity contribution in [2.75, 3.05) is 4.90 Å². The van der Waals surface area contributed by atoms with Crippen molar-refractivity contribution < 1.29 is 19.1 Å². The van der Waals surface area contributed by atoms with E-state index in [0.29, 0.717) is 21.1 Å². The van der Waals surface area contributed by atoms with E-state index in [9.17, 15) is 19.1 Å². The molecule has 1 amide bonds. The molecule has 0 radical (unpaired) electrons. The summed E-state index contributed by atoms with van der Waals surface area (Å²) < 4.78 is 14.2. The van der Waals surface area contributed by atoms with Gasteiger partial charge in [-0.15, -0.1) is 11.3 Å². The molecule has 6 nitrogen and oxygen atoms in total. The number of aromatic amines is 1. The van der Waals surface area contributed by atoms with Crippen LogP contribution in [0.2, 0.25) is 0 Å². The molecule has 182 valence electrons. The van der Waals surface area contributed by atoms with Crippen molar-refractivity contribution in [2.24, 2.45) is 0 Å². The first kappa shape index (κ1) is 22.9. The summed E-state index contributed by atoms with van der Waals surface area (Å²) in [7, 11) is 0. The molecule has 3 aromatic carbocycles. The number of aliphatic hydroxyl groups is 1. The Hall–Kier alpha value is -4.56. The van der Waals surface area contributed by atoms with Gasteiger partial charge < -0.3 is 10.1 Å². The van der Waals surface area contributed by atoms with Crippen molar-refractivity contribution >= 4 is 39.6 Å². The number of para-hydroxylation sites is 1. The van der Waals surface area contributed by atoms with Crippen LogP contribution in [0.1, 0.15) is 27.0 Å². The van der Waals surface area contributed by atoms with E-state index in [1.165, 1.54) is 34.4 Å². The van der Waals surface area contributed by atoms with Crippen LogP contribution in [0.3, 0.4) is 0 Å². The summed E-state index contributed by atoms with van der Waals surface area (Å²) >= 11 is 1.21. The van der Waals surface area contributed by atoms with Gasteiger partial charge in [0.25, 0.3) is 5.91 Å². The molecule has 5 aromatic rings. The Kier molecular flexibility index (Phi) is 5.46. The van der Waals surface area contributed by atoms with Crippen LogP contribution in [0.15, 0.2) is 96.4 Å². The molecule has 0 fully saturated rings. The molecule has 0 saturated heterocycles. The Morgan fingerprint density at radius 3 is 2.59 bits per heavy atom. The van der Waals surface area contributed by atoms with E-state index < -0.39 is 29.3 Å². The number of fused-ring (bicyclic) bond motifs is 1. The van der Waals surface area contributed by atoms with Crippen LogP contribution < -0.4 is 4.90 Å². The Morgan fingerprint density at radius 1 is 1.05 bits per heavy atom. The summed E-state index contributed by atoms with van der Waals surface area (Å²) in [6.07, 6.45) is 1.72.